The molecule has 3 aliphatic heterocycles. The number of carbonyl (C=O) groups excluding carboxylic acids is 1. The third kappa shape index (κ3) is 2.55. The van der Waals surface area contributed by atoms with Gasteiger partial charge in [0.15, 0.2) is 22.8 Å². The number of halogens is 1. The van der Waals surface area contributed by atoms with Crippen molar-refractivity contribution >= 4 is 40.1 Å². The van der Waals surface area contributed by atoms with Gasteiger partial charge >= 0.3 is 0 Å². The highest BCUT2D eigenvalue weighted by atomic mass is 35.5. The first-order valence-electron chi connectivity index (χ1n) is 8.15. The maximum atomic E-state index is 12.8. The molecule has 2 aromatic carbocycles. The van der Waals surface area contributed by atoms with Crippen molar-refractivity contribution in [3.63, 3.8) is 0 Å². The molecule has 0 radical (unpaired) electrons. The number of carbonyl (C=O) groups is 1. The molecule has 7 nitrogen and oxygen atoms in total. The molecule has 0 saturated carbocycles. The van der Waals surface area contributed by atoms with Gasteiger partial charge in [-0.1, -0.05) is 41.6 Å². The van der Waals surface area contributed by atoms with Crippen molar-refractivity contribution < 1.29 is 14.3 Å². The van der Waals surface area contributed by atoms with Gasteiger partial charge in [0, 0.05) is 16.8 Å². The van der Waals surface area contributed by atoms with Crippen LogP contribution >= 0.6 is 23.4 Å². The molecular weight excluding hydrogens is 388 g/mol. The second kappa shape index (κ2) is 6.17. The lowest BCUT2D eigenvalue weighted by atomic mass is 10.1. The molecule has 0 fully saturated rings. The molecule has 1 unspecified atom stereocenters. The van der Waals surface area contributed by atoms with Crippen LogP contribution in [0.15, 0.2) is 46.5 Å². The van der Waals surface area contributed by atoms with Crippen LogP contribution in [0, 0.1) is 0 Å². The minimum atomic E-state index is -0.592. The van der Waals surface area contributed by atoms with Crippen LogP contribution < -0.4 is 25.4 Å². The molecule has 2 aromatic rings. The number of benzene rings is 2. The topological polar surface area (TPSA) is 75.5 Å². The molecule has 3 heterocycles. The summed E-state index contributed by atoms with van der Waals surface area (Å²) in [6, 6.07) is 11.0. The van der Waals surface area contributed by atoms with Crippen LogP contribution in [-0.2, 0) is 4.79 Å². The van der Waals surface area contributed by atoms with Crippen molar-refractivity contribution in [3.05, 3.63) is 57.6 Å². The highest BCUT2D eigenvalue weighted by Crippen LogP contribution is 2.42. The first-order valence-corrected chi connectivity index (χ1v) is 9.75. The fraction of sp³-hybridized carbons (Fsp3) is 0.167. The summed E-state index contributed by atoms with van der Waals surface area (Å²) < 4.78 is 10.9. The number of hydrogen-bond acceptors (Lipinski definition) is 7. The number of nitrogens with one attached hydrogen (secondary N) is 1. The minimum absolute atomic E-state index is 0.151. The van der Waals surface area contributed by atoms with Gasteiger partial charge < -0.3 is 9.47 Å². The van der Waals surface area contributed by atoms with E-state index in [0.717, 1.165) is 5.22 Å². The maximum Gasteiger partial charge on any atom is 0.276 e. The number of thioether (sulfide) groups is 1. The molecule has 1 amide bonds. The third-order valence-electron chi connectivity index (χ3n) is 4.48. The average molecular weight is 401 g/mol. The molecule has 1 atom stereocenters. The maximum absolute atomic E-state index is 12.8. The fourth-order valence-corrected chi connectivity index (χ4v) is 3.87. The number of amidine groups is 1. The second-order valence-electron chi connectivity index (χ2n) is 6.00. The summed E-state index contributed by atoms with van der Waals surface area (Å²) in [4.78, 5) is 17.6. The Hall–Kier alpha value is -2.71. The Morgan fingerprint density at radius 3 is 2.85 bits per heavy atom. The monoisotopic (exact) mass is 400 g/mol. The number of para-hydroxylation sites is 1. The number of nitrogens with zero attached hydrogens (tertiary/aromatic N) is 3. The Labute approximate surface area is 163 Å². The van der Waals surface area contributed by atoms with E-state index in [2.05, 4.69) is 10.4 Å². The summed E-state index contributed by atoms with van der Waals surface area (Å²) in [5, 5.41) is 11.4. The van der Waals surface area contributed by atoms with Crippen molar-refractivity contribution in [2.24, 2.45) is 10.1 Å². The van der Waals surface area contributed by atoms with Gasteiger partial charge in [-0.15, -0.1) is 5.10 Å². The Kier molecular flexibility index (Phi) is 3.76. The summed E-state index contributed by atoms with van der Waals surface area (Å²) in [7, 11) is 0. The van der Waals surface area contributed by atoms with Crippen molar-refractivity contribution in [1.82, 2.24) is 10.3 Å². The van der Waals surface area contributed by atoms with E-state index in [9.17, 15) is 4.79 Å². The van der Waals surface area contributed by atoms with Gasteiger partial charge in [-0.05, 0) is 18.4 Å². The zero-order chi connectivity index (χ0) is 18.5. The molecule has 0 spiro atoms. The zero-order valence-electron chi connectivity index (χ0n) is 14.1. The molecule has 1 N–H and O–H groups in total. The summed E-state index contributed by atoms with van der Waals surface area (Å²) in [6.07, 6.45) is 1.26. The Bertz CT molecular complexity index is 1130. The molecule has 0 aliphatic carbocycles. The van der Waals surface area contributed by atoms with Gasteiger partial charge in [-0.2, -0.15) is 0 Å². The number of hydrogen-bond donors (Lipinski definition) is 1. The number of rotatable bonds is 1. The van der Waals surface area contributed by atoms with Crippen LogP contribution in [0.2, 0.25) is 5.02 Å². The van der Waals surface area contributed by atoms with Crippen LogP contribution in [0.5, 0.6) is 11.5 Å². The standard InChI is InChI=1S/C18H13ClN4O3S/c1-27-18-21-17(24)15-9-4-2-3-5-12(9)20-16(23(15)22-18)10-6-13-14(7-11(10)19)26-8-25-13/h2-7,16H,8H2,1H3,(H,21,22,24). The van der Waals surface area contributed by atoms with Crippen LogP contribution in [0.4, 0.5) is 0 Å². The van der Waals surface area contributed by atoms with Crippen molar-refractivity contribution in [2.75, 3.05) is 13.0 Å². The number of hydrazone groups is 1. The molecular formula is C18H13ClN4O3S. The first-order chi connectivity index (χ1) is 13.2. The zero-order valence-corrected chi connectivity index (χ0v) is 15.7. The van der Waals surface area contributed by atoms with Crippen molar-refractivity contribution in [2.45, 2.75) is 6.17 Å². The molecule has 9 heteroatoms. The largest absolute Gasteiger partial charge is 0.454 e. The van der Waals surface area contributed by atoms with E-state index in [4.69, 9.17) is 26.1 Å². The SMILES string of the molecule is CSC1=NN2C(=c3ccccc3=NC2c2cc3c(cc2Cl)OCO3)C(=O)N1. The van der Waals surface area contributed by atoms with Crippen LogP contribution in [0.1, 0.15) is 11.7 Å². The van der Waals surface area contributed by atoms with Crippen LogP contribution in [0.3, 0.4) is 0 Å². The quantitative estimate of drug-likeness (QED) is 0.786. The molecule has 27 heavy (non-hydrogen) atoms. The summed E-state index contributed by atoms with van der Waals surface area (Å²) in [5.74, 6) is 0.966. The van der Waals surface area contributed by atoms with E-state index in [-0.39, 0.29) is 12.7 Å². The van der Waals surface area contributed by atoms with E-state index >= 15 is 0 Å². The fourth-order valence-electron chi connectivity index (χ4n) is 3.25. The average Bonchev–Trinajstić information content (AvgIpc) is 3.13. The first kappa shape index (κ1) is 16.5. The minimum Gasteiger partial charge on any atom is -0.454 e. The van der Waals surface area contributed by atoms with Crippen LogP contribution in [-0.4, -0.2) is 29.1 Å². The molecule has 3 aliphatic rings. The predicted molar refractivity (Wildman–Crippen MR) is 102 cm³/mol. The van der Waals surface area contributed by atoms with E-state index in [0.29, 0.717) is 38.3 Å². The smallest absolute Gasteiger partial charge is 0.276 e. The van der Waals surface area contributed by atoms with Gasteiger partial charge in [0.05, 0.1) is 10.4 Å². The summed E-state index contributed by atoms with van der Waals surface area (Å²) in [5.41, 5.74) is 1.13. The molecule has 0 bridgehead atoms. The van der Waals surface area contributed by atoms with E-state index in [1.165, 1.54) is 11.8 Å². The predicted octanol–water partition coefficient (Wildman–Crippen LogP) is 1.57. The normalized spacial score (nSPS) is 19.7. The van der Waals surface area contributed by atoms with Crippen molar-refractivity contribution in [3.8, 4) is 11.5 Å². The van der Waals surface area contributed by atoms with Gasteiger partial charge in [0.1, 0.15) is 5.70 Å². The Morgan fingerprint density at radius 1 is 1.26 bits per heavy atom. The number of ether oxygens (including phenoxy) is 2. The van der Waals surface area contributed by atoms with Crippen LogP contribution in [0.25, 0.3) is 5.70 Å². The Morgan fingerprint density at radius 2 is 2.04 bits per heavy atom. The van der Waals surface area contributed by atoms with Gasteiger partial charge in [-0.25, -0.2) is 5.01 Å². The van der Waals surface area contributed by atoms with E-state index in [1.54, 1.807) is 17.1 Å². The second-order valence-corrected chi connectivity index (χ2v) is 7.21. The summed E-state index contributed by atoms with van der Waals surface area (Å²) >= 11 is 7.87. The third-order valence-corrected chi connectivity index (χ3v) is 5.38. The van der Waals surface area contributed by atoms with Gasteiger partial charge in [0.2, 0.25) is 6.79 Å². The highest BCUT2D eigenvalue weighted by Gasteiger charge is 2.35. The van der Waals surface area contributed by atoms with E-state index < -0.39 is 6.17 Å². The molecule has 5 rings (SSSR count). The number of fused-ring (bicyclic) bond motifs is 3. The summed E-state index contributed by atoms with van der Waals surface area (Å²) in [6.45, 7) is 0.151. The lowest BCUT2D eigenvalue weighted by molar-refractivity contribution is -0.116. The van der Waals surface area contributed by atoms with E-state index in [1.807, 2.05) is 30.5 Å². The van der Waals surface area contributed by atoms with Gasteiger partial charge in [0.25, 0.3) is 5.91 Å². The lowest BCUT2D eigenvalue weighted by Gasteiger charge is -2.34. The Balaban J connectivity index is 1.76. The van der Waals surface area contributed by atoms with Crippen molar-refractivity contribution in [1.29, 1.82) is 0 Å². The molecule has 0 saturated heterocycles. The molecule has 0 aromatic heterocycles. The highest BCUT2D eigenvalue weighted by molar-refractivity contribution is 8.13. The molecule has 136 valence electrons. The number of amides is 1. The lowest BCUT2D eigenvalue weighted by Crippen LogP contribution is -2.50. The van der Waals surface area contributed by atoms with Gasteiger partial charge in [-0.3, -0.25) is 15.1 Å².